The smallest absolute Gasteiger partial charge is 0.254 e. The Morgan fingerprint density at radius 3 is 2.61 bits per heavy atom. The standard InChI is InChI=1S/C15H17N3O4S/c1-7(19)16-15-9(6-11(23-15)8-2-3-8)13(21)17-10-4-5-12(20)18-14(10)22/h6,8,10H,2-5H2,1H3,(H,16,19)(H,17,21)(H,18,20,22). The number of hydrogen-bond acceptors (Lipinski definition) is 5. The van der Waals surface area contributed by atoms with Gasteiger partial charge in [0.2, 0.25) is 17.7 Å². The first-order valence-electron chi connectivity index (χ1n) is 7.50. The summed E-state index contributed by atoms with van der Waals surface area (Å²) >= 11 is 1.40. The molecule has 1 saturated heterocycles. The van der Waals surface area contributed by atoms with E-state index in [0.717, 1.165) is 17.7 Å². The number of anilines is 1. The van der Waals surface area contributed by atoms with Crippen LogP contribution in [0, 0.1) is 0 Å². The quantitative estimate of drug-likeness (QED) is 0.717. The third-order valence-corrected chi connectivity index (χ3v) is 5.02. The molecule has 0 spiro atoms. The molecule has 1 aromatic rings. The third-order valence-electron chi connectivity index (χ3n) is 3.81. The van der Waals surface area contributed by atoms with E-state index in [0.29, 0.717) is 16.5 Å². The second kappa shape index (κ2) is 6.11. The van der Waals surface area contributed by atoms with Gasteiger partial charge in [-0.15, -0.1) is 11.3 Å². The molecule has 2 aliphatic rings. The van der Waals surface area contributed by atoms with Gasteiger partial charge >= 0.3 is 0 Å². The Bertz CT molecular complexity index is 693. The number of nitrogens with one attached hydrogen (secondary N) is 3. The van der Waals surface area contributed by atoms with E-state index in [4.69, 9.17) is 0 Å². The lowest BCUT2D eigenvalue weighted by molar-refractivity contribution is -0.134. The second-order valence-corrected chi connectivity index (χ2v) is 6.91. The molecule has 4 amide bonds. The van der Waals surface area contributed by atoms with Crippen molar-refractivity contribution < 1.29 is 19.2 Å². The lowest BCUT2D eigenvalue weighted by Gasteiger charge is -2.21. The van der Waals surface area contributed by atoms with Crippen molar-refractivity contribution >= 4 is 40.0 Å². The molecular weight excluding hydrogens is 318 g/mol. The average molecular weight is 335 g/mol. The minimum Gasteiger partial charge on any atom is -0.340 e. The number of carbonyl (C=O) groups is 4. The summed E-state index contributed by atoms with van der Waals surface area (Å²) in [6, 6.07) is 1.06. The molecule has 1 aromatic heterocycles. The highest BCUT2D eigenvalue weighted by Crippen LogP contribution is 2.45. The normalized spacial score (nSPS) is 20.8. The van der Waals surface area contributed by atoms with E-state index in [9.17, 15) is 19.2 Å². The summed E-state index contributed by atoms with van der Waals surface area (Å²) in [5.74, 6) is -1.01. The Morgan fingerprint density at radius 2 is 2.00 bits per heavy atom. The predicted octanol–water partition coefficient (Wildman–Crippen LogP) is 1.12. The molecule has 3 rings (SSSR count). The Labute approximate surface area is 136 Å². The van der Waals surface area contributed by atoms with Gasteiger partial charge in [-0.05, 0) is 31.2 Å². The predicted molar refractivity (Wildman–Crippen MR) is 84.2 cm³/mol. The zero-order valence-electron chi connectivity index (χ0n) is 12.6. The molecule has 3 N–H and O–H groups in total. The molecule has 122 valence electrons. The molecule has 1 aliphatic carbocycles. The van der Waals surface area contributed by atoms with Crippen LogP contribution in [0.2, 0.25) is 0 Å². The third kappa shape index (κ3) is 3.58. The highest BCUT2D eigenvalue weighted by molar-refractivity contribution is 7.16. The number of thiophene rings is 1. The molecule has 0 bridgehead atoms. The van der Waals surface area contributed by atoms with E-state index in [-0.39, 0.29) is 24.7 Å². The average Bonchev–Trinajstić information content (AvgIpc) is 3.23. The summed E-state index contributed by atoms with van der Waals surface area (Å²) in [6.45, 7) is 1.39. The first kappa shape index (κ1) is 15.7. The van der Waals surface area contributed by atoms with Crippen molar-refractivity contribution in [2.45, 2.75) is 44.6 Å². The Kier molecular flexibility index (Phi) is 4.16. The summed E-state index contributed by atoms with van der Waals surface area (Å²) in [5.41, 5.74) is 0.372. The second-order valence-electron chi connectivity index (χ2n) is 5.82. The van der Waals surface area contributed by atoms with Crippen LogP contribution in [-0.4, -0.2) is 29.7 Å². The van der Waals surface area contributed by atoms with Crippen LogP contribution < -0.4 is 16.0 Å². The number of amides is 4. The first-order valence-corrected chi connectivity index (χ1v) is 8.31. The van der Waals surface area contributed by atoms with Crippen LogP contribution in [0.3, 0.4) is 0 Å². The van der Waals surface area contributed by atoms with Crippen molar-refractivity contribution in [3.8, 4) is 0 Å². The monoisotopic (exact) mass is 335 g/mol. The van der Waals surface area contributed by atoms with E-state index in [1.165, 1.54) is 18.3 Å². The lowest BCUT2D eigenvalue weighted by Crippen LogP contribution is -2.52. The molecule has 8 heteroatoms. The van der Waals surface area contributed by atoms with Gasteiger partial charge in [0.1, 0.15) is 11.0 Å². The zero-order chi connectivity index (χ0) is 16.6. The molecule has 0 radical (unpaired) electrons. The van der Waals surface area contributed by atoms with Crippen LogP contribution in [0.15, 0.2) is 6.07 Å². The van der Waals surface area contributed by atoms with Gasteiger partial charge in [-0.25, -0.2) is 0 Å². The molecular formula is C15H17N3O4S. The summed E-state index contributed by atoms with van der Waals surface area (Å²) in [6.07, 6.45) is 2.67. The van der Waals surface area contributed by atoms with E-state index in [2.05, 4.69) is 16.0 Å². The van der Waals surface area contributed by atoms with Crippen molar-refractivity contribution in [3.63, 3.8) is 0 Å². The van der Waals surface area contributed by atoms with Gasteiger partial charge < -0.3 is 10.6 Å². The Morgan fingerprint density at radius 1 is 1.26 bits per heavy atom. The van der Waals surface area contributed by atoms with Crippen LogP contribution in [0.5, 0.6) is 0 Å². The molecule has 0 aromatic carbocycles. The van der Waals surface area contributed by atoms with Gasteiger partial charge in [0.15, 0.2) is 0 Å². The van der Waals surface area contributed by atoms with Crippen LogP contribution >= 0.6 is 11.3 Å². The minimum atomic E-state index is -0.727. The van der Waals surface area contributed by atoms with E-state index < -0.39 is 17.9 Å². The molecule has 7 nitrogen and oxygen atoms in total. The van der Waals surface area contributed by atoms with Crippen LogP contribution in [0.25, 0.3) is 0 Å². The lowest BCUT2D eigenvalue weighted by atomic mass is 10.1. The zero-order valence-corrected chi connectivity index (χ0v) is 13.4. The van der Waals surface area contributed by atoms with Crippen molar-refractivity contribution in [1.29, 1.82) is 0 Å². The number of hydrogen-bond donors (Lipinski definition) is 3. The number of piperidine rings is 1. The van der Waals surface area contributed by atoms with Gasteiger partial charge in [-0.3, -0.25) is 24.5 Å². The molecule has 2 fully saturated rings. The van der Waals surface area contributed by atoms with Crippen LogP contribution in [0.1, 0.15) is 53.8 Å². The van der Waals surface area contributed by atoms with Crippen molar-refractivity contribution in [2.24, 2.45) is 0 Å². The maximum atomic E-state index is 12.5. The summed E-state index contributed by atoms with van der Waals surface area (Å²) in [7, 11) is 0. The maximum absolute atomic E-state index is 12.5. The highest BCUT2D eigenvalue weighted by Gasteiger charge is 2.31. The summed E-state index contributed by atoms with van der Waals surface area (Å²) in [5, 5.41) is 8.03. The fourth-order valence-corrected chi connectivity index (χ4v) is 3.74. The Balaban J connectivity index is 1.76. The molecule has 1 unspecified atom stereocenters. The van der Waals surface area contributed by atoms with Gasteiger partial charge in [0.25, 0.3) is 5.91 Å². The fraction of sp³-hybridized carbons (Fsp3) is 0.467. The van der Waals surface area contributed by atoms with Crippen molar-refractivity contribution in [1.82, 2.24) is 10.6 Å². The summed E-state index contributed by atoms with van der Waals surface area (Å²) in [4.78, 5) is 47.8. The molecule has 1 atom stereocenters. The Hall–Kier alpha value is -2.22. The minimum absolute atomic E-state index is 0.201. The largest absolute Gasteiger partial charge is 0.340 e. The van der Waals surface area contributed by atoms with E-state index >= 15 is 0 Å². The van der Waals surface area contributed by atoms with E-state index in [1.807, 2.05) is 0 Å². The highest BCUT2D eigenvalue weighted by atomic mass is 32.1. The van der Waals surface area contributed by atoms with Crippen molar-refractivity contribution in [2.75, 3.05) is 5.32 Å². The fourth-order valence-electron chi connectivity index (χ4n) is 2.47. The van der Waals surface area contributed by atoms with Crippen LogP contribution in [-0.2, 0) is 14.4 Å². The number of carbonyl (C=O) groups excluding carboxylic acids is 4. The van der Waals surface area contributed by atoms with Crippen LogP contribution in [0.4, 0.5) is 5.00 Å². The number of rotatable bonds is 4. The van der Waals surface area contributed by atoms with Gasteiger partial charge in [0, 0.05) is 18.2 Å². The van der Waals surface area contributed by atoms with E-state index in [1.54, 1.807) is 6.07 Å². The first-order chi connectivity index (χ1) is 10.9. The van der Waals surface area contributed by atoms with Gasteiger partial charge in [0.05, 0.1) is 5.56 Å². The molecule has 1 saturated carbocycles. The number of imide groups is 1. The maximum Gasteiger partial charge on any atom is 0.254 e. The van der Waals surface area contributed by atoms with Gasteiger partial charge in [-0.1, -0.05) is 0 Å². The molecule has 1 aliphatic heterocycles. The molecule has 2 heterocycles. The van der Waals surface area contributed by atoms with Crippen molar-refractivity contribution in [3.05, 3.63) is 16.5 Å². The van der Waals surface area contributed by atoms with Gasteiger partial charge in [-0.2, -0.15) is 0 Å². The topological polar surface area (TPSA) is 104 Å². The molecule has 23 heavy (non-hydrogen) atoms. The summed E-state index contributed by atoms with van der Waals surface area (Å²) < 4.78 is 0. The SMILES string of the molecule is CC(=O)Nc1sc(C2CC2)cc1C(=O)NC1CCC(=O)NC1=O.